The van der Waals surface area contributed by atoms with Crippen molar-refractivity contribution in [3.63, 3.8) is 0 Å². The number of unbranched alkanes of at least 4 members (excludes halogenated alkanes) is 1. The number of carbonyl (C=O) groups is 2. The van der Waals surface area contributed by atoms with Gasteiger partial charge in [0, 0.05) is 6.54 Å². The Morgan fingerprint density at radius 2 is 1.68 bits per heavy atom. The summed E-state index contributed by atoms with van der Waals surface area (Å²) in [6.45, 7) is 1.14. The van der Waals surface area contributed by atoms with Gasteiger partial charge in [-0.1, -0.05) is 48.5 Å². The first-order chi connectivity index (χ1) is 18.0. The summed E-state index contributed by atoms with van der Waals surface area (Å²) in [5, 5.41) is 18.6. The van der Waals surface area contributed by atoms with Crippen LogP contribution in [0.15, 0.2) is 72.8 Å². The number of nitrogens with zero attached hydrogens (tertiary/aromatic N) is 1. The van der Waals surface area contributed by atoms with E-state index in [0.717, 1.165) is 30.6 Å². The number of hydrogen-bond donors (Lipinski definition) is 2. The van der Waals surface area contributed by atoms with Crippen LogP contribution in [0.2, 0.25) is 0 Å². The highest BCUT2D eigenvalue weighted by Gasteiger charge is 2.32. The number of ether oxygens (including phenoxy) is 3. The van der Waals surface area contributed by atoms with Gasteiger partial charge in [0.1, 0.15) is 12.4 Å². The van der Waals surface area contributed by atoms with Gasteiger partial charge in [0.15, 0.2) is 11.5 Å². The summed E-state index contributed by atoms with van der Waals surface area (Å²) in [4.78, 5) is 24.4. The molecule has 8 heteroatoms. The van der Waals surface area contributed by atoms with Crippen molar-refractivity contribution in [2.24, 2.45) is 0 Å². The second-order valence-corrected chi connectivity index (χ2v) is 8.86. The van der Waals surface area contributed by atoms with Gasteiger partial charge in [0.05, 0.1) is 25.3 Å². The normalized spacial score (nSPS) is 14.4. The number of anilines is 1. The van der Waals surface area contributed by atoms with E-state index in [1.54, 1.807) is 23.1 Å². The van der Waals surface area contributed by atoms with E-state index < -0.39 is 18.0 Å². The molecule has 0 radical (unpaired) electrons. The van der Waals surface area contributed by atoms with E-state index >= 15 is 0 Å². The third-order valence-electron chi connectivity index (χ3n) is 6.11. The quantitative estimate of drug-likeness (QED) is 0.319. The van der Waals surface area contributed by atoms with Gasteiger partial charge in [-0.2, -0.15) is 0 Å². The van der Waals surface area contributed by atoms with Crippen LogP contribution in [0.25, 0.3) is 0 Å². The molecule has 0 aromatic heterocycles. The summed E-state index contributed by atoms with van der Waals surface area (Å²) in [7, 11) is 0. The number of carboxylic acid groups (broad SMARTS) is 2. The largest absolute Gasteiger partial charge is 0.494 e. The summed E-state index contributed by atoms with van der Waals surface area (Å²) in [6, 6.07) is 23.3. The molecule has 0 spiro atoms. The molecule has 3 aromatic rings. The van der Waals surface area contributed by atoms with Crippen molar-refractivity contribution in [2.75, 3.05) is 24.6 Å². The van der Waals surface area contributed by atoms with Gasteiger partial charge in [0.2, 0.25) is 6.10 Å². The van der Waals surface area contributed by atoms with Crippen LogP contribution >= 0.6 is 0 Å². The SMILES string of the molecule is O=C(O)CCN1CC(C(=O)O)Oc2c(OCc3ccc(OCCCCc4ccccc4)cc3)cccc21. The lowest BCUT2D eigenvalue weighted by Gasteiger charge is -2.35. The fourth-order valence-corrected chi connectivity index (χ4v) is 4.14. The number of rotatable bonds is 13. The van der Waals surface area contributed by atoms with Gasteiger partial charge in [0.25, 0.3) is 0 Å². The van der Waals surface area contributed by atoms with Crippen LogP contribution in [0.3, 0.4) is 0 Å². The van der Waals surface area contributed by atoms with Crippen LogP contribution in [0.4, 0.5) is 5.69 Å². The monoisotopic (exact) mass is 505 g/mol. The van der Waals surface area contributed by atoms with Crippen LogP contribution in [-0.2, 0) is 22.6 Å². The Morgan fingerprint density at radius 3 is 2.41 bits per heavy atom. The smallest absolute Gasteiger partial charge is 0.346 e. The molecule has 4 rings (SSSR count). The maximum Gasteiger partial charge on any atom is 0.346 e. The second-order valence-electron chi connectivity index (χ2n) is 8.86. The number of aryl methyl sites for hydroxylation is 1. The minimum Gasteiger partial charge on any atom is -0.494 e. The number of fused-ring (bicyclic) bond motifs is 1. The van der Waals surface area contributed by atoms with E-state index in [0.29, 0.717) is 23.8 Å². The molecule has 0 amide bonds. The molecule has 8 nitrogen and oxygen atoms in total. The maximum atomic E-state index is 11.6. The molecule has 1 aliphatic rings. The van der Waals surface area contributed by atoms with Crippen molar-refractivity contribution in [1.82, 2.24) is 0 Å². The minimum absolute atomic E-state index is 0.0623. The van der Waals surface area contributed by atoms with E-state index in [1.807, 2.05) is 30.3 Å². The van der Waals surface area contributed by atoms with Crippen molar-refractivity contribution in [2.45, 2.75) is 38.4 Å². The first-order valence-corrected chi connectivity index (χ1v) is 12.4. The van der Waals surface area contributed by atoms with Crippen LogP contribution in [0.1, 0.15) is 30.4 Å². The van der Waals surface area contributed by atoms with E-state index in [1.165, 1.54) is 5.56 Å². The van der Waals surface area contributed by atoms with Gasteiger partial charge in [-0.25, -0.2) is 4.79 Å². The van der Waals surface area contributed by atoms with Gasteiger partial charge in [-0.3, -0.25) is 4.79 Å². The second kappa shape index (κ2) is 12.7. The highest BCUT2D eigenvalue weighted by atomic mass is 16.5. The van der Waals surface area contributed by atoms with Crippen LogP contribution < -0.4 is 19.1 Å². The van der Waals surface area contributed by atoms with E-state index in [9.17, 15) is 14.7 Å². The van der Waals surface area contributed by atoms with Crippen molar-refractivity contribution >= 4 is 17.6 Å². The first kappa shape index (κ1) is 25.9. The van der Waals surface area contributed by atoms with Gasteiger partial charge >= 0.3 is 11.9 Å². The topological polar surface area (TPSA) is 106 Å². The Balaban J connectivity index is 1.31. The first-order valence-electron chi connectivity index (χ1n) is 12.4. The zero-order valence-electron chi connectivity index (χ0n) is 20.5. The molecular weight excluding hydrogens is 474 g/mol. The van der Waals surface area contributed by atoms with Gasteiger partial charge < -0.3 is 29.3 Å². The van der Waals surface area contributed by atoms with Crippen molar-refractivity contribution in [3.8, 4) is 17.2 Å². The van der Waals surface area contributed by atoms with Crippen molar-refractivity contribution < 1.29 is 34.0 Å². The lowest BCUT2D eigenvalue weighted by Crippen LogP contribution is -2.45. The molecular formula is C29H31NO7. The Hall–Kier alpha value is -4.20. The van der Waals surface area contributed by atoms with Crippen LogP contribution in [-0.4, -0.2) is 48.0 Å². The number of carboxylic acids is 2. The van der Waals surface area contributed by atoms with Crippen LogP contribution in [0.5, 0.6) is 17.2 Å². The molecule has 1 heterocycles. The summed E-state index contributed by atoms with van der Waals surface area (Å²) in [5.41, 5.74) is 2.87. The molecule has 1 aliphatic heterocycles. The summed E-state index contributed by atoms with van der Waals surface area (Å²) in [5.74, 6) is -0.560. The zero-order valence-corrected chi connectivity index (χ0v) is 20.5. The van der Waals surface area contributed by atoms with Gasteiger partial charge in [-0.15, -0.1) is 0 Å². The number of benzene rings is 3. The number of hydrogen-bond acceptors (Lipinski definition) is 6. The third-order valence-corrected chi connectivity index (χ3v) is 6.11. The highest BCUT2D eigenvalue weighted by Crippen LogP contribution is 2.41. The summed E-state index contributed by atoms with van der Waals surface area (Å²) >= 11 is 0. The zero-order chi connectivity index (χ0) is 26.0. The number of para-hydroxylation sites is 1. The standard InChI is InChI=1S/C29H31NO7/c31-27(32)16-17-30-19-26(29(33)34)37-28-24(30)10-6-11-25(28)36-20-22-12-14-23(15-13-22)35-18-5-4-9-21-7-2-1-3-8-21/h1-3,6-8,10-15,26H,4-5,9,16-20H2,(H,31,32)(H,33,34). The molecule has 37 heavy (non-hydrogen) atoms. The predicted molar refractivity (Wildman–Crippen MR) is 139 cm³/mol. The molecule has 0 aliphatic carbocycles. The molecule has 2 N–H and O–H groups in total. The molecule has 0 bridgehead atoms. The molecule has 1 atom stereocenters. The Kier molecular flexibility index (Phi) is 8.86. The van der Waals surface area contributed by atoms with E-state index in [2.05, 4.69) is 24.3 Å². The highest BCUT2D eigenvalue weighted by molar-refractivity contribution is 5.78. The fraction of sp³-hybridized carbons (Fsp3) is 0.310. The molecule has 0 saturated carbocycles. The molecule has 1 unspecified atom stereocenters. The molecule has 194 valence electrons. The molecule has 3 aromatic carbocycles. The summed E-state index contributed by atoms with van der Waals surface area (Å²) in [6.07, 6.45) is 1.85. The lowest BCUT2D eigenvalue weighted by atomic mass is 10.1. The van der Waals surface area contributed by atoms with Crippen molar-refractivity contribution in [3.05, 3.63) is 83.9 Å². The van der Waals surface area contributed by atoms with E-state index in [4.69, 9.17) is 19.3 Å². The fourth-order valence-electron chi connectivity index (χ4n) is 4.14. The summed E-state index contributed by atoms with van der Waals surface area (Å²) < 4.78 is 17.6. The lowest BCUT2D eigenvalue weighted by molar-refractivity contribution is -0.144. The molecule has 0 saturated heterocycles. The maximum absolute atomic E-state index is 11.6. The average Bonchev–Trinajstić information content (AvgIpc) is 2.91. The van der Waals surface area contributed by atoms with E-state index in [-0.39, 0.29) is 26.1 Å². The van der Waals surface area contributed by atoms with Gasteiger partial charge in [-0.05, 0) is 54.7 Å². The number of aliphatic carboxylic acids is 2. The molecule has 0 fully saturated rings. The van der Waals surface area contributed by atoms with Crippen molar-refractivity contribution in [1.29, 1.82) is 0 Å². The Morgan fingerprint density at radius 1 is 0.892 bits per heavy atom. The Labute approximate surface area is 216 Å². The van der Waals surface area contributed by atoms with Crippen LogP contribution in [0, 0.1) is 0 Å². The average molecular weight is 506 g/mol. The third kappa shape index (κ3) is 7.39. The predicted octanol–water partition coefficient (Wildman–Crippen LogP) is 4.79. The minimum atomic E-state index is -1.12. The Bertz CT molecular complexity index is 1180.